The van der Waals surface area contributed by atoms with E-state index < -0.39 is 5.82 Å². The number of nitrogens with zero attached hydrogens (tertiary/aromatic N) is 4. The van der Waals surface area contributed by atoms with Gasteiger partial charge < -0.3 is 9.09 Å². The molecule has 0 bridgehead atoms. The minimum Gasteiger partial charge on any atom is -0.339 e. The highest BCUT2D eigenvalue weighted by molar-refractivity contribution is 6.31. The van der Waals surface area contributed by atoms with Crippen LogP contribution in [0.25, 0.3) is 22.4 Å². The number of hydrogen-bond acceptors (Lipinski definition) is 4. The van der Waals surface area contributed by atoms with Crippen molar-refractivity contribution >= 4 is 22.6 Å². The third kappa shape index (κ3) is 2.55. The van der Waals surface area contributed by atoms with Crippen molar-refractivity contribution in [3.63, 3.8) is 0 Å². The highest BCUT2D eigenvalue weighted by atomic mass is 35.5. The van der Waals surface area contributed by atoms with E-state index in [1.165, 1.54) is 6.07 Å². The van der Waals surface area contributed by atoms with Crippen molar-refractivity contribution in [3.8, 4) is 11.4 Å². The van der Waals surface area contributed by atoms with Gasteiger partial charge in [-0.25, -0.2) is 9.37 Å². The lowest BCUT2D eigenvalue weighted by Gasteiger charge is -2.01. The van der Waals surface area contributed by atoms with Crippen LogP contribution in [0.3, 0.4) is 0 Å². The molecule has 4 aromatic rings. The summed E-state index contributed by atoms with van der Waals surface area (Å²) in [5, 5.41) is 4.31. The van der Waals surface area contributed by atoms with E-state index in [1.807, 2.05) is 29.8 Å². The molecule has 0 saturated carbocycles. The van der Waals surface area contributed by atoms with Gasteiger partial charge in [0.15, 0.2) is 0 Å². The first-order valence-electron chi connectivity index (χ1n) is 7.29. The van der Waals surface area contributed by atoms with Crippen molar-refractivity contribution in [3.05, 3.63) is 65.0 Å². The lowest BCUT2D eigenvalue weighted by atomic mass is 10.1. The molecule has 0 radical (unpaired) electrons. The van der Waals surface area contributed by atoms with Gasteiger partial charge in [-0.05, 0) is 30.3 Å². The van der Waals surface area contributed by atoms with Crippen LogP contribution in [0.2, 0.25) is 5.02 Å². The molecule has 24 heavy (non-hydrogen) atoms. The molecule has 7 heteroatoms. The van der Waals surface area contributed by atoms with Crippen molar-refractivity contribution in [2.45, 2.75) is 6.42 Å². The summed E-state index contributed by atoms with van der Waals surface area (Å²) in [4.78, 5) is 8.65. The Bertz CT molecular complexity index is 1020. The summed E-state index contributed by atoms with van der Waals surface area (Å²) in [6, 6.07) is 10.3. The van der Waals surface area contributed by atoms with E-state index >= 15 is 0 Å². The zero-order valence-corrected chi connectivity index (χ0v) is 13.5. The number of hydrogen-bond donors (Lipinski definition) is 0. The van der Waals surface area contributed by atoms with Crippen LogP contribution in [0.15, 0.2) is 47.2 Å². The number of fused-ring (bicyclic) bond motifs is 1. The Labute approximate surface area is 141 Å². The van der Waals surface area contributed by atoms with E-state index in [-0.39, 0.29) is 6.42 Å². The smallest absolute Gasteiger partial charge is 0.231 e. The molecule has 0 N–H and O–H groups in total. The van der Waals surface area contributed by atoms with Crippen LogP contribution in [0, 0.1) is 5.82 Å². The maximum atomic E-state index is 13.9. The maximum absolute atomic E-state index is 13.9. The summed E-state index contributed by atoms with van der Waals surface area (Å²) in [7, 11) is 1.93. The molecule has 0 spiro atoms. The van der Waals surface area contributed by atoms with Gasteiger partial charge >= 0.3 is 0 Å². The predicted octanol–water partition coefficient (Wildman–Crippen LogP) is 4.01. The molecule has 0 unspecified atom stereocenters. The van der Waals surface area contributed by atoms with Gasteiger partial charge in [-0.1, -0.05) is 22.8 Å². The predicted molar refractivity (Wildman–Crippen MR) is 88.2 cm³/mol. The number of aryl methyl sites for hydroxylation is 1. The Morgan fingerprint density at radius 1 is 1.25 bits per heavy atom. The van der Waals surface area contributed by atoms with Gasteiger partial charge in [0, 0.05) is 23.2 Å². The van der Waals surface area contributed by atoms with E-state index in [2.05, 4.69) is 15.1 Å². The highest BCUT2D eigenvalue weighted by Crippen LogP contribution is 2.24. The second-order valence-corrected chi connectivity index (χ2v) is 5.85. The van der Waals surface area contributed by atoms with Crippen LogP contribution < -0.4 is 0 Å². The van der Waals surface area contributed by atoms with Crippen LogP contribution in [0.4, 0.5) is 4.39 Å². The SMILES string of the molecule is Cn1cnc2cc(-c3noc(Cc4c(F)cccc4Cl)n3)ccc21. The molecule has 0 amide bonds. The summed E-state index contributed by atoms with van der Waals surface area (Å²) in [5.41, 5.74) is 2.99. The molecule has 5 nitrogen and oxygen atoms in total. The third-order valence-electron chi connectivity index (χ3n) is 3.84. The van der Waals surface area contributed by atoms with Crippen molar-refractivity contribution in [1.82, 2.24) is 19.7 Å². The van der Waals surface area contributed by atoms with E-state index in [0.717, 1.165) is 16.6 Å². The zero-order valence-electron chi connectivity index (χ0n) is 12.7. The molecule has 4 rings (SSSR count). The second-order valence-electron chi connectivity index (χ2n) is 5.45. The van der Waals surface area contributed by atoms with Gasteiger partial charge in [0.25, 0.3) is 0 Å². The Balaban J connectivity index is 1.66. The van der Waals surface area contributed by atoms with Crippen molar-refractivity contribution < 1.29 is 8.91 Å². The molecule has 0 saturated heterocycles. The minimum atomic E-state index is -0.392. The Morgan fingerprint density at radius 2 is 2.12 bits per heavy atom. The molecular weight excluding hydrogens is 331 g/mol. The Hall–Kier alpha value is -2.73. The first-order valence-corrected chi connectivity index (χ1v) is 7.66. The quantitative estimate of drug-likeness (QED) is 0.564. The summed E-state index contributed by atoms with van der Waals surface area (Å²) in [6.07, 6.45) is 1.89. The lowest BCUT2D eigenvalue weighted by Crippen LogP contribution is -1.94. The largest absolute Gasteiger partial charge is 0.339 e. The fourth-order valence-corrected chi connectivity index (χ4v) is 2.80. The first-order chi connectivity index (χ1) is 11.6. The number of benzene rings is 2. The van der Waals surface area contributed by atoms with Crippen molar-refractivity contribution in [2.24, 2.45) is 7.05 Å². The number of halogens is 2. The van der Waals surface area contributed by atoms with E-state index in [4.69, 9.17) is 16.1 Å². The van der Waals surface area contributed by atoms with Gasteiger partial charge in [0.1, 0.15) is 5.82 Å². The average molecular weight is 343 g/mol. The number of aromatic nitrogens is 4. The van der Waals surface area contributed by atoms with E-state index in [0.29, 0.717) is 22.3 Å². The summed E-state index contributed by atoms with van der Waals surface area (Å²) >= 11 is 6.03. The minimum absolute atomic E-state index is 0.143. The van der Waals surface area contributed by atoms with Crippen LogP contribution in [-0.4, -0.2) is 19.7 Å². The zero-order chi connectivity index (χ0) is 16.7. The van der Waals surface area contributed by atoms with Crippen molar-refractivity contribution in [1.29, 1.82) is 0 Å². The van der Waals surface area contributed by atoms with Crippen LogP contribution in [-0.2, 0) is 13.5 Å². The van der Waals surface area contributed by atoms with E-state index in [1.54, 1.807) is 18.5 Å². The van der Waals surface area contributed by atoms with Crippen LogP contribution >= 0.6 is 11.6 Å². The van der Waals surface area contributed by atoms with Gasteiger partial charge in [0.2, 0.25) is 11.7 Å². The molecule has 0 aliphatic carbocycles. The third-order valence-corrected chi connectivity index (χ3v) is 4.20. The summed E-state index contributed by atoms with van der Waals surface area (Å²) < 4.78 is 21.0. The first kappa shape index (κ1) is 14.8. The number of imidazole rings is 1. The fraction of sp³-hybridized carbons (Fsp3) is 0.118. The topological polar surface area (TPSA) is 56.7 Å². The summed E-state index contributed by atoms with van der Waals surface area (Å²) in [5.74, 6) is 0.347. The maximum Gasteiger partial charge on any atom is 0.231 e. The van der Waals surface area contributed by atoms with Crippen LogP contribution in [0.5, 0.6) is 0 Å². The normalized spacial score (nSPS) is 11.3. The molecular formula is C17H12ClFN4O. The molecule has 0 fully saturated rings. The van der Waals surface area contributed by atoms with Crippen molar-refractivity contribution in [2.75, 3.05) is 0 Å². The average Bonchev–Trinajstić information content (AvgIpc) is 3.18. The molecule has 2 heterocycles. The van der Waals surface area contributed by atoms with Gasteiger partial charge in [0.05, 0.1) is 23.8 Å². The van der Waals surface area contributed by atoms with Crippen LogP contribution in [0.1, 0.15) is 11.5 Å². The Kier molecular flexibility index (Phi) is 3.54. The fourth-order valence-electron chi connectivity index (χ4n) is 2.57. The summed E-state index contributed by atoms with van der Waals surface area (Å²) in [6.45, 7) is 0. The second kappa shape index (κ2) is 5.72. The number of rotatable bonds is 3. The van der Waals surface area contributed by atoms with Gasteiger partial charge in [-0.2, -0.15) is 4.98 Å². The molecule has 0 aliphatic heterocycles. The lowest BCUT2D eigenvalue weighted by molar-refractivity contribution is 0.384. The molecule has 0 aliphatic rings. The Morgan fingerprint density at radius 3 is 2.96 bits per heavy atom. The highest BCUT2D eigenvalue weighted by Gasteiger charge is 2.14. The molecule has 120 valence electrons. The molecule has 2 aromatic carbocycles. The standard InChI is InChI=1S/C17H12ClFN4O/c1-23-9-20-14-7-10(5-6-15(14)23)17-21-16(24-22-17)8-11-12(18)3-2-4-13(11)19/h2-7,9H,8H2,1H3. The monoisotopic (exact) mass is 342 g/mol. The van der Waals surface area contributed by atoms with Gasteiger partial charge in [-0.3, -0.25) is 0 Å². The van der Waals surface area contributed by atoms with E-state index in [9.17, 15) is 4.39 Å². The molecule has 0 atom stereocenters. The van der Waals surface area contributed by atoms with Gasteiger partial charge in [-0.15, -0.1) is 0 Å². The molecule has 2 aromatic heterocycles.